The van der Waals surface area contributed by atoms with E-state index in [9.17, 15) is 0 Å². The summed E-state index contributed by atoms with van der Waals surface area (Å²) in [5, 5.41) is 14.8. The maximum absolute atomic E-state index is 6.32. The van der Waals surface area contributed by atoms with E-state index in [-0.39, 0.29) is 16.2 Å². The molecule has 147 heavy (non-hydrogen) atoms. The topological polar surface area (TPSA) is 110 Å². The van der Waals surface area contributed by atoms with Gasteiger partial charge in [-0.25, -0.2) is 29.9 Å². The molecule has 9 aromatic heterocycles. The van der Waals surface area contributed by atoms with Gasteiger partial charge in [-0.15, -0.1) is 11.3 Å². The van der Waals surface area contributed by atoms with E-state index in [1.54, 1.807) is 0 Å². The van der Waals surface area contributed by atoms with Crippen molar-refractivity contribution in [1.82, 2.24) is 48.2 Å². The lowest BCUT2D eigenvalue weighted by Crippen LogP contribution is -2.17. The van der Waals surface area contributed by atoms with Gasteiger partial charge in [-0.2, -0.15) is 0 Å². The molecule has 0 fully saturated rings. The van der Waals surface area contributed by atoms with E-state index >= 15 is 0 Å². The zero-order valence-corrected chi connectivity index (χ0v) is 82.3. The van der Waals surface area contributed by atoms with Crippen LogP contribution < -0.4 is 0 Å². The normalized spacial score (nSPS) is 13.4. The Labute approximate surface area is 851 Å². The number of fused-ring (bicyclic) bond motifs is 30. The summed E-state index contributed by atoms with van der Waals surface area (Å²) in [6.45, 7) is 13.7. The lowest BCUT2D eigenvalue weighted by Gasteiger charge is -2.23. The Morgan fingerprint density at radius 2 is 0.510 bits per heavy atom. The molecule has 28 aromatic rings. The highest BCUT2D eigenvalue weighted by atomic mass is 32.1. The first-order chi connectivity index (χ1) is 72.2. The van der Waals surface area contributed by atoms with Crippen LogP contribution >= 0.6 is 11.3 Å². The van der Waals surface area contributed by atoms with E-state index in [2.05, 4.69) is 497 Å². The Kier molecular flexibility index (Phi) is 19.1. The van der Waals surface area contributed by atoms with Gasteiger partial charge in [0.05, 0.1) is 83.7 Å². The number of hydrogen-bond donors (Lipinski definition) is 0. The molecule has 0 atom stereocenters. The second kappa shape index (κ2) is 32.8. The van der Waals surface area contributed by atoms with Crippen molar-refractivity contribution in [3.8, 4) is 124 Å². The highest BCUT2D eigenvalue weighted by molar-refractivity contribution is 7.26. The Balaban J connectivity index is 0.000000104. The molecule has 3 aliphatic rings. The van der Waals surface area contributed by atoms with Gasteiger partial charge in [0.1, 0.15) is 11.2 Å². The molecule has 0 unspecified atom stereocenters. The number of nitrogens with zero attached hydrogens (tertiary/aromatic N) is 10. The first-order valence-electron chi connectivity index (χ1n) is 50.5. The second-order valence-corrected chi connectivity index (χ2v) is 41.7. The summed E-state index contributed by atoms with van der Waals surface area (Å²) < 4.78 is 18.6. The second-order valence-electron chi connectivity index (χ2n) is 40.6. The van der Waals surface area contributed by atoms with Crippen molar-refractivity contribution in [2.24, 2.45) is 0 Å². The molecule has 0 saturated heterocycles. The molecule has 12 heteroatoms. The number of para-hydroxylation sites is 6. The van der Waals surface area contributed by atoms with Crippen LogP contribution in [0.15, 0.2) is 453 Å². The molecule has 19 aromatic carbocycles. The van der Waals surface area contributed by atoms with Gasteiger partial charge in [-0.05, 0) is 162 Å². The van der Waals surface area contributed by atoms with Gasteiger partial charge >= 0.3 is 0 Å². The van der Waals surface area contributed by atoms with Gasteiger partial charge in [0.15, 0.2) is 17.5 Å². The summed E-state index contributed by atoms with van der Waals surface area (Å²) in [7, 11) is 0. The SMILES string of the molecule is CC1(C)c2ccccc2-c2nc(-c3ccc(-n4c5ccccc5c5ccc6c(c7ccccc7n6-c6ccccc6)c54)cc3)nc(-c3ccccc3)c21.CC1(C)c2ccccc2-c2nc(-c3ccc(-n4c5ccccc5c5ccc6oc7ccccc7c6c54)cc3)nc(-c3ccccc3)c21.CC1(C)c2ccccc2-c2nc(-c3ccc(-n4c5ccccc5c5ccc6sc7ccccc7c6c54)cc3)nc(-c3ccccc3)c21. The summed E-state index contributed by atoms with van der Waals surface area (Å²) in [6, 6.07) is 160. The summed E-state index contributed by atoms with van der Waals surface area (Å²) in [6.07, 6.45) is 0. The van der Waals surface area contributed by atoms with Crippen molar-refractivity contribution in [3.05, 3.63) is 482 Å². The molecular formula is C135H92N10OS. The van der Waals surface area contributed by atoms with Crippen molar-refractivity contribution >= 4 is 141 Å². The van der Waals surface area contributed by atoms with Gasteiger partial charge < -0.3 is 22.7 Å². The molecule has 31 rings (SSSR count). The molecule has 0 radical (unpaired) electrons. The number of benzene rings is 19. The van der Waals surface area contributed by atoms with E-state index in [1.165, 1.54) is 146 Å². The number of aromatic nitrogens is 10. The van der Waals surface area contributed by atoms with Crippen LogP contribution in [0.4, 0.5) is 0 Å². The molecule has 0 spiro atoms. The lowest BCUT2D eigenvalue weighted by atomic mass is 9.81. The van der Waals surface area contributed by atoms with Gasteiger partial charge in [0, 0.05) is 174 Å². The maximum Gasteiger partial charge on any atom is 0.160 e. The Morgan fingerprint density at radius 3 is 0.939 bits per heavy atom. The van der Waals surface area contributed by atoms with E-state index in [0.717, 1.165) is 141 Å². The molecule has 694 valence electrons. The molecule has 11 nitrogen and oxygen atoms in total. The molecule has 3 aliphatic carbocycles. The van der Waals surface area contributed by atoms with Crippen LogP contribution in [-0.4, -0.2) is 48.2 Å². The van der Waals surface area contributed by atoms with E-state index in [0.29, 0.717) is 0 Å². The molecule has 0 bridgehead atoms. The summed E-state index contributed by atoms with van der Waals surface area (Å²) in [5.74, 6) is 2.21. The molecule has 0 amide bonds. The van der Waals surface area contributed by atoms with Crippen LogP contribution in [0.25, 0.3) is 254 Å². The van der Waals surface area contributed by atoms with Crippen molar-refractivity contribution in [1.29, 1.82) is 0 Å². The maximum atomic E-state index is 6.32. The number of rotatable bonds is 10. The van der Waals surface area contributed by atoms with Crippen molar-refractivity contribution in [2.75, 3.05) is 0 Å². The van der Waals surface area contributed by atoms with E-state index < -0.39 is 0 Å². The minimum atomic E-state index is -0.217. The Morgan fingerprint density at radius 1 is 0.197 bits per heavy atom. The van der Waals surface area contributed by atoms with E-state index in [4.69, 9.17) is 34.3 Å². The highest BCUT2D eigenvalue weighted by Crippen LogP contribution is 2.57. The smallest absolute Gasteiger partial charge is 0.160 e. The quantitative estimate of drug-likeness (QED) is 0.134. The van der Waals surface area contributed by atoms with Gasteiger partial charge in [0.2, 0.25) is 0 Å². The average Bonchev–Trinajstić information content (AvgIpc) is 1.55. The summed E-state index contributed by atoms with van der Waals surface area (Å²) in [4.78, 5) is 31.8. The van der Waals surface area contributed by atoms with Crippen molar-refractivity contribution in [2.45, 2.75) is 57.8 Å². The molecule has 9 heterocycles. The summed E-state index contributed by atoms with van der Waals surface area (Å²) >= 11 is 1.86. The third kappa shape index (κ3) is 13.0. The zero-order valence-electron chi connectivity index (χ0n) is 81.5. The van der Waals surface area contributed by atoms with Crippen LogP contribution in [0, 0.1) is 0 Å². The fraction of sp³-hybridized carbons (Fsp3) is 0.0667. The Bertz CT molecular complexity index is 9940. The standard InChI is InChI=1S/C49H34N4.C43H29N3O.C43H29N3S/c1-49(2)39-22-12-9-20-37(39)46-44(49)45(31-15-5-3-6-16-31)50-48(51-46)32-25-27-34(28-26-32)53-40-23-13-10-19-35(40)36-29-30-42-43(47(36)53)38-21-11-14-24-41(38)52(42)33-17-7-4-8-18-33;2*1-43(2)33-17-9-6-15-31(33)40-38(43)39(26-12-4-3-5-13-26)44-42(45-40)27-20-22-28(23-21-27)46-34-18-10-7-14-29(34)30-24-25-36-37(41(30)46)32-16-8-11-19-35(32)47-36/h3-30H,1-2H3;2*3-25H,1-2H3. The first kappa shape index (κ1) is 85.4. The fourth-order valence-corrected chi connectivity index (χ4v) is 25.7. The van der Waals surface area contributed by atoms with Crippen LogP contribution in [0.5, 0.6) is 0 Å². The minimum absolute atomic E-state index is 0.201. The fourth-order valence-electron chi connectivity index (χ4n) is 24.6. The molecule has 0 N–H and O–H groups in total. The largest absolute Gasteiger partial charge is 0.456 e. The number of furan rings is 1. The third-order valence-corrected chi connectivity index (χ3v) is 32.4. The van der Waals surface area contributed by atoms with Crippen LogP contribution in [-0.2, 0) is 16.2 Å². The first-order valence-corrected chi connectivity index (χ1v) is 51.3. The molecule has 0 saturated carbocycles. The van der Waals surface area contributed by atoms with Crippen LogP contribution in [0.1, 0.15) is 74.9 Å². The number of hydrogen-bond acceptors (Lipinski definition) is 8. The predicted octanol–water partition coefficient (Wildman–Crippen LogP) is 35.0. The molecular weight excluding hydrogens is 1810 g/mol. The molecule has 0 aliphatic heterocycles. The predicted molar refractivity (Wildman–Crippen MR) is 609 cm³/mol. The van der Waals surface area contributed by atoms with Crippen molar-refractivity contribution in [3.63, 3.8) is 0 Å². The van der Waals surface area contributed by atoms with Gasteiger partial charge in [-0.3, -0.25) is 0 Å². The average molecular weight is 1900 g/mol. The highest BCUT2D eigenvalue weighted by Gasteiger charge is 2.44. The number of thiophene rings is 1. The lowest BCUT2D eigenvalue weighted by molar-refractivity contribution is 0.657. The monoisotopic (exact) mass is 1900 g/mol. The minimum Gasteiger partial charge on any atom is -0.456 e. The third-order valence-electron chi connectivity index (χ3n) is 31.3. The van der Waals surface area contributed by atoms with Crippen molar-refractivity contribution < 1.29 is 4.42 Å². The van der Waals surface area contributed by atoms with Gasteiger partial charge in [0.25, 0.3) is 0 Å². The van der Waals surface area contributed by atoms with Crippen LogP contribution in [0.3, 0.4) is 0 Å². The van der Waals surface area contributed by atoms with Crippen LogP contribution in [0.2, 0.25) is 0 Å². The zero-order chi connectivity index (χ0) is 97.8. The Hall–Kier alpha value is -18.4. The van der Waals surface area contributed by atoms with E-state index in [1.807, 2.05) is 23.5 Å². The summed E-state index contributed by atoms with van der Waals surface area (Å²) in [5.41, 5.74) is 38.6. The van der Waals surface area contributed by atoms with Gasteiger partial charge in [-0.1, -0.05) is 345 Å².